The molecule has 3 aromatic rings. The minimum Gasteiger partial charge on any atom is -0.490 e. The van der Waals surface area contributed by atoms with E-state index in [2.05, 4.69) is 43.8 Å². The number of barbiturate groups is 1. The van der Waals surface area contributed by atoms with Crippen molar-refractivity contribution in [3.8, 4) is 11.5 Å². The van der Waals surface area contributed by atoms with Gasteiger partial charge in [-0.15, -0.1) is 0 Å². The second-order valence-corrected chi connectivity index (χ2v) is 10.1. The molecule has 0 atom stereocenters. The molecule has 0 bridgehead atoms. The molecule has 184 valence electrons. The second-order valence-electron chi connectivity index (χ2n) is 7.97. The van der Waals surface area contributed by atoms with E-state index in [9.17, 15) is 14.4 Å². The number of benzene rings is 3. The average Bonchev–Trinajstić information content (AvgIpc) is 2.83. The Hall–Kier alpha value is -3.18. The van der Waals surface area contributed by atoms with Crippen molar-refractivity contribution in [1.82, 2.24) is 5.32 Å². The van der Waals surface area contributed by atoms with E-state index >= 15 is 0 Å². The van der Waals surface area contributed by atoms with Crippen LogP contribution in [0.4, 0.5) is 10.5 Å². The second kappa shape index (κ2) is 11.3. The summed E-state index contributed by atoms with van der Waals surface area (Å²) in [5, 5.41) is 2.24. The number of amides is 4. The van der Waals surface area contributed by atoms with Crippen LogP contribution in [0, 0.1) is 10.5 Å². The molecule has 36 heavy (non-hydrogen) atoms. The molecule has 3 aromatic carbocycles. The molecule has 9 heteroatoms. The summed E-state index contributed by atoms with van der Waals surface area (Å²) in [4.78, 5) is 39.2. The van der Waals surface area contributed by atoms with Crippen molar-refractivity contribution in [2.75, 3.05) is 11.5 Å². The van der Waals surface area contributed by atoms with Gasteiger partial charge in [0, 0.05) is 3.57 Å². The Bertz CT molecular complexity index is 1350. The molecule has 0 saturated carbocycles. The number of hydrogen-bond donors (Lipinski definition) is 1. The van der Waals surface area contributed by atoms with Crippen LogP contribution in [0.2, 0.25) is 0 Å². The maximum absolute atomic E-state index is 13.2. The lowest BCUT2D eigenvalue weighted by atomic mass is 10.1. The van der Waals surface area contributed by atoms with Crippen molar-refractivity contribution >= 4 is 68.1 Å². The Labute approximate surface area is 230 Å². The van der Waals surface area contributed by atoms with E-state index < -0.39 is 17.8 Å². The van der Waals surface area contributed by atoms with Crippen molar-refractivity contribution in [2.24, 2.45) is 0 Å². The average molecular weight is 661 g/mol. The fourth-order valence-electron chi connectivity index (χ4n) is 3.56. The van der Waals surface area contributed by atoms with E-state index in [4.69, 9.17) is 9.47 Å². The number of aryl methyl sites for hydroxylation is 1. The SMILES string of the molecule is CCOc1cc(/C=C2\C(=O)NC(=O)N(c3ccc(C)cc3)C2=O)cc(Br)c1OCc1ccc(I)cc1. The smallest absolute Gasteiger partial charge is 0.335 e. The Morgan fingerprint density at radius 2 is 1.69 bits per heavy atom. The van der Waals surface area contributed by atoms with Gasteiger partial charge in [0.25, 0.3) is 11.8 Å². The quantitative estimate of drug-likeness (QED) is 0.191. The van der Waals surface area contributed by atoms with Gasteiger partial charge < -0.3 is 9.47 Å². The molecule has 0 spiro atoms. The number of rotatable bonds is 7. The molecule has 0 aromatic heterocycles. The molecule has 0 aliphatic carbocycles. The molecule has 1 fully saturated rings. The molecule has 7 nitrogen and oxygen atoms in total. The normalized spacial score (nSPS) is 14.7. The number of imide groups is 2. The van der Waals surface area contributed by atoms with E-state index in [1.54, 1.807) is 36.4 Å². The molecule has 1 N–H and O–H groups in total. The summed E-state index contributed by atoms with van der Waals surface area (Å²) < 4.78 is 13.6. The van der Waals surface area contributed by atoms with Crippen LogP contribution in [-0.2, 0) is 16.2 Å². The van der Waals surface area contributed by atoms with Crippen LogP contribution in [0.5, 0.6) is 11.5 Å². The van der Waals surface area contributed by atoms with Gasteiger partial charge in [0.2, 0.25) is 0 Å². The topological polar surface area (TPSA) is 84.9 Å². The highest BCUT2D eigenvalue weighted by atomic mass is 127. The van der Waals surface area contributed by atoms with Gasteiger partial charge in [-0.25, -0.2) is 9.69 Å². The summed E-state index contributed by atoms with van der Waals surface area (Å²) in [5.41, 5.74) is 2.71. The van der Waals surface area contributed by atoms with Crippen molar-refractivity contribution in [3.05, 3.63) is 91.0 Å². The zero-order chi connectivity index (χ0) is 25.8. The fraction of sp³-hybridized carbons (Fsp3) is 0.148. The van der Waals surface area contributed by atoms with Crippen molar-refractivity contribution in [2.45, 2.75) is 20.5 Å². The Morgan fingerprint density at radius 3 is 2.36 bits per heavy atom. The van der Waals surface area contributed by atoms with Crippen LogP contribution >= 0.6 is 38.5 Å². The maximum Gasteiger partial charge on any atom is 0.335 e. The van der Waals surface area contributed by atoms with Gasteiger partial charge in [0.1, 0.15) is 12.2 Å². The Balaban J connectivity index is 1.65. The number of anilines is 1. The fourth-order valence-corrected chi connectivity index (χ4v) is 4.50. The summed E-state index contributed by atoms with van der Waals surface area (Å²) in [6.45, 7) is 4.48. The molecular formula is C27H22BrIN2O5. The number of halogens is 2. The first kappa shape index (κ1) is 25.9. The standard InChI is InChI=1S/C27H22BrIN2O5/c1-3-35-23-14-18(13-22(28)24(23)36-15-17-6-8-19(29)9-7-17)12-21-25(32)30-27(34)31(26(21)33)20-10-4-16(2)5-11-20/h4-14H,3,15H2,1-2H3,(H,30,32,34)/b21-12+. The monoisotopic (exact) mass is 660 g/mol. The lowest BCUT2D eigenvalue weighted by Crippen LogP contribution is -2.54. The lowest BCUT2D eigenvalue weighted by molar-refractivity contribution is -0.122. The van der Waals surface area contributed by atoms with Gasteiger partial charge in [-0.2, -0.15) is 0 Å². The van der Waals surface area contributed by atoms with Gasteiger partial charge in [-0.3, -0.25) is 14.9 Å². The van der Waals surface area contributed by atoms with E-state index in [-0.39, 0.29) is 5.57 Å². The molecule has 1 aliphatic heterocycles. The van der Waals surface area contributed by atoms with E-state index in [0.717, 1.165) is 19.6 Å². The number of urea groups is 1. The number of ether oxygens (including phenoxy) is 2. The molecule has 1 saturated heterocycles. The van der Waals surface area contributed by atoms with Crippen LogP contribution in [-0.4, -0.2) is 24.5 Å². The van der Waals surface area contributed by atoms with Crippen LogP contribution in [0.3, 0.4) is 0 Å². The van der Waals surface area contributed by atoms with Crippen LogP contribution in [0.15, 0.2) is 70.7 Å². The zero-order valence-corrected chi connectivity index (χ0v) is 23.3. The van der Waals surface area contributed by atoms with Crippen molar-refractivity contribution < 1.29 is 23.9 Å². The third kappa shape index (κ3) is 5.79. The van der Waals surface area contributed by atoms with Crippen molar-refractivity contribution in [3.63, 3.8) is 0 Å². The van der Waals surface area contributed by atoms with E-state index in [1.807, 2.05) is 38.1 Å². The summed E-state index contributed by atoms with van der Waals surface area (Å²) >= 11 is 5.77. The van der Waals surface area contributed by atoms with Crippen LogP contribution in [0.25, 0.3) is 6.08 Å². The molecule has 1 heterocycles. The first-order valence-corrected chi connectivity index (χ1v) is 13.0. The first-order valence-electron chi connectivity index (χ1n) is 11.1. The van der Waals surface area contributed by atoms with Gasteiger partial charge in [-0.1, -0.05) is 29.8 Å². The number of nitrogens with one attached hydrogen (secondary N) is 1. The lowest BCUT2D eigenvalue weighted by Gasteiger charge is -2.26. The highest BCUT2D eigenvalue weighted by Gasteiger charge is 2.36. The molecule has 1 aliphatic rings. The number of carbonyl (C=O) groups excluding carboxylic acids is 3. The van der Waals surface area contributed by atoms with Crippen LogP contribution in [0.1, 0.15) is 23.6 Å². The third-order valence-electron chi connectivity index (χ3n) is 5.33. The first-order chi connectivity index (χ1) is 17.3. The van der Waals surface area contributed by atoms with Gasteiger partial charge in [-0.05, 0) is 106 Å². The van der Waals surface area contributed by atoms with Crippen LogP contribution < -0.4 is 19.7 Å². The number of hydrogen-bond acceptors (Lipinski definition) is 5. The van der Waals surface area contributed by atoms with Gasteiger partial charge >= 0.3 is 6.03 Å². The Kier molecular flexibility index (Phi) is 8.10. The highest BCUT2D eigenvalue weighted by Crippen LogP contribution is 2.38. The zero-order valence-electron chi connectivity index (χ0n) is 19.5. The molecule has 4 amide bonds. The summed E-state index contributed by atoms with van der Waals surface area (Å²) in [6.07, 6.45) is 1.43. The van der Waals surface area contributed by atoms with Gasteiger partial charge in [0.15, 0.2) is 11.5 Å². The molecule has 4 rings (SSSR count). The number of nitrogens with zero attached hydrogens (tertiary/aromatic N) is 1. The van der Waals surface area contributed by atoms with E-state index in [0.29, 0.717) is 40.4 Å². The number of carbonyl (C=O) groups is 3. The predicted molar refractivity (Wildman–Crippen MR) is 149 cm³/mol. The maximum atomic E-state index is 13.2. The predicted octanol–water partition coefficient (Wildman–Crippen LogP) is 6.01. The third-order valence-corrected chi connectivity index (χ3v) is 6.64. The summed E-state index contributed by atoms with van der Waals surface area (Å²) in [6, 6.07) is 17.5. The summed E-state index contributed by atoms with van der Waals surface area (Å²) in [7, 11) is 0. The van der Waals surface area contributed by atoms with Gasteiger partial charge in [0.05, 0.1) is 16.8 Å². The Morgan fingerprint density at radius 1 is 1.00 bits per heavy atom. The molecule has 0 unspecified atom stereocenters. The summed E-state index contributed by atoms with van der Waals surface area (Å²) in [5.74, 6) is -0.505. The molecule has 0 radical (unpaired) electrons. The van der Waals surface area contributed by atoms with E-state index in [1.165, 1.54) is 6.08 Å². The minimum absolute atomic E-state index is 0.169. The highest BCUT2D eigenvalue weighted by molar-refractivity contribution is 14.1. The minimum atomic E-state index is -0.790. The largest absolute Gasteiger partial charge is 0.490 e. The molecular weight excluding hydrogens is 639 g/mol. The van der Waals surface area contributed by atoms with Crippen molar-refractivity contribution in [1.29, 1.82) is 0 Å².